The molecular weight excluding hydrogens is 280 g/mol. The van der Waals surface area contributed by atoms with E-state index in [9.17, 15) is 4.79 Å². The van der Waals surface area contributed by atoms with Crippen molar-refractivity contribution in [3.8, 4) is 0 Å². The van der Waals surface area contributed by atoms with E-state index >= 15 is 0 Å². The molecule has 3 N–H and O–H groups in total. The normalized spacial score (nSPS) is 27.8. The fraction of sp³-hybridized carbons (Fsp3) is 0.615. The summed E-state index contributed by atoms with van der Waals surface area (Å²) in [5.41, 5.74) is 4.84. The van der Waals surface area contributed by atoms with Crippen LogP contribution < -0.4 is 11.1 Å². The summed E-state index contributed by atoms with van der Waals surface area (Å²) < 4.78 is 5.60. The van der Waals surface area contributed by atoms with Gasteiger partial charge in [0.05, 0.1) is 6.10 Å². The van der Waals surface area contributed by atoms with Crippen molar-refractivity contribution in [2.75, 3.05) is 11.9 Å². The van der Waals surface area contributed by atoms with E-state index in [1.807, 2.05) is 20.8 Å². The summed E-state index contributed by atoms with van der Waals surface area (Å²) in [5.74, 6) is 0.0509. The number of amides is 1. The molecule has 110 valence electrons. The Kier molecular flexibility index (Phi) is 4.00. The molecule has 0 spiro atoms. The van der Waals surface area contributed by atoms with E-state index < -0.39 is 11.0 Å². The van der Waals surface area contributed by atoms with Gasteiger partial charge >= 0.3 is 0 Å². The molecule has 0 saturated heterocycles. The summed E-state index contributed by atoms with van der Waals surface area (Å²) in [5, 5.41) is 10.4. The van der Waals surface area contributed by atoms with Gasteiger partial charge < -0.3 is 15.8 Å². The van der Waals surface area contributed by atoms with Gasteiger partial charge in [0, 0.05) is 18.4 Å². The van der Waals surface area contributed by atoms with Crippen molar-refractivity contribution < 1.29 is 9.53 Å². The highest BCUT2D eigenvalue weighted by Gasteiger charge is 2.62. The third-order valence-electron chi connectivity index (χ3n) is 4.11. The zero-order valence-electron chi connectivity index (χ0n) is 11.8. The zero-order valence-corrected chi connectivity index (χ0v) is 12.6. The predicted octanol–water partition coefficient (Wildman–Crippen LogP) is 1.60. The third-order valence-corrected chi connectivity index (χ3v) is 4.31. The van der Waals surface area contributed by atoms with Crippen LogP contribution in [0, 0.1) is 5.41 Å². The molecule has 6 nitrogen and oxygen atoms in total. The van der Waals surface area contributed by atoms with Crippen molar-refractivity contribution in [2.45, 2.75) is 38.8 Å². The van der Waals surface area contributed by atoms with Crippen molar-refractivity contribution in [2.24, 2.45) is 11.1 Å². The van der Waals surface area contributed by atoms with Crippen molar-refractivity contribution in [1.82, 2.24) is 10.2 Å². The zero-order chi connectivity index (χ0) is 15.0. The number of halogens is 1. The Morgan fingerprint density at radius 1 is 1.55 bits per heavy atom. The Bertz CT molecular complexity index is 506. The Balaban J connectivity index is 2.08. The van der Waals surface area contributed by atoms with E-state index in [1.54, 1.807) is 12.1 Å². The molecule has 1 heterocycles. The highest BCUT2D eigenvalue weighted by atomic mass is 35.5. The van der Waals surface area contributed by atoms with Crippen molar-refractivity contribution in [3.63, 3.8) is 0 Å². The number of rotatable bonds is 4. The van der Waals surface area contributed by atoms with E-state index in [0.717, 1.165) is 0 Å². The minimum atomic E-state index is -0.978. The highest BCUT2D eigenvalue weighted by molar-refractivity contribution is 6.29. The maximum atomic E-state index is 12.4. The van der Waals surface area contributed by atoms with E-state index in [-0.39, 0.29) is 17.2 Å². The van der Waals surface area contributed by atoms with Gasteiger partial charge in [-0.25, -0.2) is 0 Å². The van der Waals surface area contributed by atoms with Crippen LogP contribution in [-0.2, 0) is 9.53 Å². The Hall–Kier alpha value is -1.24. The molecule has 1 saturated carbocycles. The number of carbonyl (C=O) groups is 1. The lowest BCUT2D eigenvalue weighted by Crippen LogP contribution is -2.74. The summed E-state index contributed by atoms with van der Waals surface area (Å²) in [4.78, 5) is 12.4. The molecule has 1 aromatic rings. The van der Waals surface area contributed by atoms with E-state index in [2.05, 4.69) is 15.5 Å². The molecule has 1 aromatic heterocycles. The number of hydrogen-bond donors (Lipinski definition) is 2. The van der Waals surface area contributed by atoms with Crippen LogP contribution in [-0.4, -0.2) is 34.4 Å². The van der Waals surface area contributed by atoms with Crippen LogP contribution in [0.5, 0.6) is 0 Å². The molecule has 0 aliphatic heterocycles. The van der Waals surface area contributed by atoms with Gasteiger partial charge in [0.15, 0.2) is 11.0 Å². The average molecular weight is 299 g/mol. The van der Waals surface area contributed by atoms with Gasteiger partial charge in [-0.1, -0.05) is 25.4 Å². The van der Waals surface area contributed by atoms with Gasteiger partial charge in [-0.2, -0.15) is 0 Å². The number of nitrogens with two attached hydrogens (primary N) is 1. The molecular formula is C13H19ClN4O2. The van der Waals surface area contributed by atoms with Crippen LogP contribution in [0.2, 0.25) is 5.15 Å². The molecule has 20 heavy (non-hydrogen) atoms. The lowest BCUT2D eigenvalue weighted by molar-refractivity contribution is -0.166. The van der Waals surface area contributed by atoms with E-state index in [1.165, 1.54) is 0 Å². The SMILES string of the molecule is CCOC1CC(N)(C(=O)Nc2ccc(Cl)nn2)C1(C)C. The largest absolute Gasteiger partial charge is 0.378 e. The Labute approximate surface area is 123 Å². The summed E-state index contributed by atoms with van der Waals surface area (Å²) >= 11 is 5.65. The van der Waals surface area contributed by atoms with Crippen LogP contribution in [0.15, 0.2) is 12.1 Å². The summed E-state index contributed by atoms with van der Waals surface area (Å²) in [6.45, 7) is 6.40. The number of nitrogens with zero attached hydrogens (tertiary/aromatic N) is 2. The number of hydrogen-bond acceptors (Lipinski definition) is 5. The average Bonchev–Trinajstić information content (AvgIpc) is 2.40. The first kappa shape index (κ1) is 15.2. The van der Waals surface area contributed by atoms with Crippen LogP contribution >= 0.6 is 11.6 Å². The van der Waals surface area contributed by atoms with E-state index in [4.69, 9.17) is 22.1 Å². The topological polar surface area (TPSA) is 90.1 Å². The third kappa shape index (κ3) is 2.39. The van der Waals surface area contributed by atoms with Crippen LogP contribution in [0.3, 0.4) is 0 Å². The molecule has 1 fully saturated rings. The molecule has 2 unspecified atom stereocenters. The number of nitrogens with one attached hydrogen (secondary N) is 1. The number of anilines is 1. The fourth-order valence-electron chi connectivity index (χ4n) is 2.43. The second-order valence-electron chi connectivity index (χ2n) is 5.54. The molecule has 1 aliphatic rings. The minimum absolute atomic E-state index is 0.0143. The standard InChI is InChI=1S/C13H19ClN4O2/c1-4-20-8-7-13(15,12(8,2)3)11(19)16-10-6-5-9(14)17-18-10/h5-6,8H,4,7,15H2,1-3H3,(H,16,18,19). The monoisotopic (exact) mass is 298 g/mol. The van der Waals surface area contributed by atoms with Crippen LogP contribution in [0.4, 0.5) is 5.82 Å². The number of aromatic nitrogens is 2. The molecule has 1 aliphatic carbocycles. The summed E-state index contributed by atoms with van der Waals surface area (Å²) in [6, 6.07) is 3.14. The smallest absolute Gasteiger partial charge is 0.246 e. The molecule has 1 amide bonds. The van der Waals surface area contributed by atoms with Crippen LogP contribution in [0.1, 0.15) is 27.2 Å². The van der Waals surface area contributed by atoms with E-state index in [0.29, 0.717) is 18.8 Å². The van der Waals surface area contributed by atoms with Gasteiger partial charge in [-0.15, -0.1) is 10.2 Å². The van der Waals surface area contributed by atoms with Crippen LogP contribution in [0.25, 0.3) is 0 Å². The van der Waals surface area contributed by atoms with Crippen molar-refractivity contribution in [3.05, 3.63) is 17.3 Å². The van der Waals surface area contributed by atoms with Crippen molar-refractivity contribution in [1.29, 1.82) is 0 Å². The molecule has 0 radical (unpaired) electrons. The molecule has 7 heteroatoms. The summed E-state index contributed by atoms with van der Waals surface area (Å²) in [6.07, 6.45) is 0.472. The molecule has 0 bridgehead atoms. The summed E-state index contributed by atoms with van der Waals surface area (Å²) in [7, 11) is 0. The lowest BCUT2D eigenvalue weighted by atomic mass is 9.54. The number of ether oxygens (including phenoxy) is 1. The first-order valence-corrected chi connectivity index (χ1v) is 6.90. The quantitative estimate of drug-likeness (QED) is 0.881. The maximum absolute atomic E-state index is 12.4. The second kappa shape index (κ2) is 5.27. The first-order valence-electron chi connectivity index (χ1n) is 6.52. The minimum Gasteiger partial charge on any atom is -0.378 e. The first-order chi connectivity index (χ1) is 9.31. The predicted molar refractivity (Wildman–Crippen MR) is 76.4 cm³/mol. The highest BCUT2D eigenvalue weighted by Crippen LogP contribution is 2.50. The second-order valence-corrected chi connectivity index (χ2v) is 5.92. The lowest BCUT2D eigenvalue weighted by Gasteiger charge is -2.57. The van der Waals surface area contributed by atoms with Gasteiger partial charge in [-0.3, -0.25) is 4.79 Å². The Morgan fingerprint density at radius 2 is 2.25 bits per heavy atom. The van der Waals surface area contributed by atoms with Gasteiger partial charge in [0.2, 0.25) is 5.91 Å². The van der Waals surface area contributed by atoms with Gasteiger partial charge in [0.25, 0.3) is 0 Å². The molecule has 2 rings (SSSR count). The maximum Gasteiger partial charge on any atom is 0.246 e. The number of carbonyl (C=O) groups excluding carboxylic acids is 1. The fourth-order valence-corrected chi connectivity index (χ4v) is 2.53. The van der Waals surface area contributed by atoms with Crippen molar-refractivity contribution >= 4 is 23.3 Å². The van der Waals surface area contributed by atoms with Gasteiger partial charge in [-0.05, 0) is 19.1 Å². The Morgan fingerprint density at radius 3 is 2.75 bits per heavy atom. The van der Waals surface area contributed by atoms with Gasteiger partial charge in [0.1, 0.15) is 5.54 Å². The molecule has 2 atom stereocenters. The molecule has 0 aromatic carbocycles.